The first-order chi connectivity index (χ1) is 10.9. The fraction of sp³-hybridized carbons (Fsp3) is 0.400. The van der Waals surface area contributed by atoms with E-state index in [4.69, 9.17) is 4.84 Å². The van der Waals surface area contributed by atoms with Crippen molar-refractivity contribution in [3.05, 3.63) is 35.4 Å². The molecule has 1 atom stereocenters. The zero-order valence-electron chi connectivity index (χ0n) is 13.7. The van der Waals surface area contributed by atoms with Gasteiger partial charge in [0.1, 0.15) is 6.04 Å². The van der Waals surface area contributed by atoms with Crippen LogP contribution in [0.3, 0.4) is 0 Å². The van der Waals surface area contributed by atoms with E-state index >= 15 is 0 Å². The molecule has 0 saturated heterocycles. The molecular weight excluding hydrogens is 336 g/mol. The smallest absolute Gasteiger partial charge is 0.328 e. The number of nitrogens with zero attached hydrogens (tertiary/aromatic N) is 1. The standard InChI is InChI=1S/C15H18N2O6S/c1-15(2,3)11(16-24(4,21)22)14(20)23-17-12(18)9-7-5-6-8-10(9)13(17)19/h5-8,11,16H,1-4H3. The Morgan fingerprint density at radius 3 is 1.96 bits per heavy atom. The molecule has 0 fully saturated rings. The molecule has 8 nitrogen and oxygen atoms in total. The Balaban J connectivity index is 2.25. The third kappa shape index (κ3) is 3.62. The van der Waals surface area contributed by atoms with Crippen LogP contribution in [0.4, 0.5) is 0 Å². The van der Waals surface area contributed by atoms with Crippen LogP contribution < -0.4 is 4.72 Å². The highest BCUT2D eigenvalue weighted by molar-refractivity contribution is 7.88. The normalized spacial score (nSPS) is 16.1. The van der Waals surface area contributed by atoms with Gasteiger partial charge < -0.3 is 4.84 Å². The van der Waals surface area contributed by atoms with Crippen molar-refractivity contribution in [2.24, 2.45) is 5.41 Å². The first kappa shape index (κ1) is 18.1. The number of hydroxylamine groups is 2. The summed E-state index contributed by atoms with van der Waals surface area (Å²) < 4.78 is 25.1. The summed E-state index contributed by atoms with van der Waals surface area (Å²) in [6, 6.07) is 4.78. The van der Waals surface area contributed by atoms with Crippen molar-refractivity contribution < 1.29 is 27.6 Å². The lowest BCUT2D eigenvalue weighted by Gasteiger charge is -2.29. The summed E-state index contributed by atoms with van der Waals surface area (Å²) in [4.78, 5) is 41.7. The maximum absolute atomic E-state index is 12.4. The van der Waals surface area contributed by atoms with Crippen molar-refractivity contribution in [2.45, 2.75) is 26.8 Å². The summed E-state index contributed by atoms with van der Waals surface area (Å²) in [5.74, 6) is -2.57. The molecular formula is C15H18N2O6S. The predicted octanol–water partition coefficient (Wildman–Crippen LogP) is 0.705. The van der Waals surface area contributed by atoms with E-state index in [1.165, 1.54) is 12.1 Å². The fourth-order valence-corrected chi connectivity index (χ4v) is 3.06. The zero-order chi connectivity index (χ0) is 18.3. The second-order valence-corrected chi connectivity index (χ2v) is 8.33. The van der Waals surface area contributed by atoms with Crippen LogP contribution >= 0.6 is 0 Å². The SMILES string of the molecule is CC(C)(C)C(NS(C)(=O)=O)C(=O)ON1C(=O)c2ccccc2C1=O. The van der Waals surface area contributed by atoms with Crippen molar-refractivity contribution in [1.82, 2.24) is 9.79 Å². The first-order valence-electron chi connectivity index (χ1n) is 7.09. The molecule has 1 aliphatic heterocycles. The van der Waals surface area contributed by atoms with Crippen LogP contribution in [0.5, 0.6) is 0 Å². The minimum atomic E-state index is -3.71. The van der Waals surface area contributed by atoms with Crippen molar-refractivity contribution in [2.75, 3.05) is 6.26 Å². The maximum atomic E-state index is 12.4. The lowest BCUT2D eigenvalue weighted by atomic mass is 9.87. The van der Waals surface area contributed by atoms with E-state index in [2.05, 4.69) is 4.72 Å². The van der Waals surface area contributed by atoms with Gasteiger partial charge in [-0.3, -0.25) is 9.59 Å². The van der Waals surface area contributed by atoms with Crippen LogP contribution in [0.1, 0.15) is 41.5 Å². The highest BCUT2D eigenvalue weighted by Gasteiger charge is 2.42. The van der Waals surface area contributed by atoms with Crippen LogP contribution in [0.15, 0.2) is 24.3 Å². The molecule has 24 heavy (non-hydrogen) atoms. The third-order valence-corrected chi connectivity index (χ3v) is 4.04. The zero-order valence-corrected chi connectivity index (χ0v) is 14.5. The van der Waals surface area contributed by atoms with Gasteiger partial charge >= 0.3 is 5.97 Å². The predicted molar refractivity (Wildman–Crippen MR) is 84.3 cm³/mol. The number of benzene rings is 1. The fourth-order valence-electron chi connectivity index (χ4n) is 2.19. The largest absolute Gasteiger partial charge is 0.351 e. The van der Waals surface area contributed by atoms with Gasteiger partial charge in [-0.15, -0.1) is 0 Å². The molecule has 0 radical (unpaired) electrons. The van der Waals surface area contributed by atoms with Gasteiger partial charge in [0.05, 0.1) is 17.4 Å². The number of carbonyl (C=O) groups excluding carboxylic acids is 3. The molecule has 2 rings (SSSR count). The van der Waals surface area contributed by atoms with E-state index in [1.54, 1.807) is 32.9 Å². The Morgan fingerprint density at radius 2 is 1.58 bits per heavy atom. The van der Waals surface area contributed by atoms with Crippen LogP contribution in [-0.2, 0) is 19.7 Å². The van der Waals surface area contributed by atoms with Gasteiger partial charge in [0.15, 0.2) is 0 Å². The Bertz CT molecular complexity index is 774. The number of sulfonamides is 1. The van der Waals surface area contributed by atoms with E-state index in [-0.39, 0.29) is 11.1 Å². The average molecular weight is 354 g/mol. The molecule has 1 heterocycles. The monoisotopic (exact) mass is 354 g/mol. The van der Waals surface area contributed by atoms with Crippen LogP contribution in [0.2, 0.25) is 0 Å². The molecule has 1 unspecified atom stereocenters. The van der Waals surface area contributed by atoms with Crippen molar-refractivity contribution in [3.63, 3.8) is 0 Å². The molecule has 2 amide bonds. The number of nitrogens with one attached hydrogen (secondary N) is 1. The number of imide groups is 1. The first-order valence-corrected chi connectivity index (χ1v) is 8.98. The Kier molecular flexibility index (Phi) is 4.51. The minimum Gasteiger partial charge on any atom is -0.328 e. The summed E-state index contributed by atoms with van der Waals surface area (Å²) in [7, 11) is -3.71. The second kappa shape index (κ2) is 5.99. The molecule has 1 N–H and O–H groups in total. The molecule has 130 valence electrons. The van der Waals surface area contributed by atoms with Crippen molar-refractivity contribution >= 4 is 27.8 Å². The van der Waals surface area contributed by atoms with Gasteiger partial charge in [-0.1, -0.05) is 38.0 Å². The van der Waals surface area contributed by atoms with Crippen LogP contribution in [-0.4, -0.2) is 43.6 Å². The summed E-state index contributed by atoms with van der Waals surface area (Å²) in [6.45, 7) is 4.87. The number of fused-ring (bicyclic) bond motifs is 1. The van der Waals surface area contributed by atoms with E-state index in [0.29, 0.717) is 5.06 Å². The summed E-state index contributed by atoms with van der Waals surface area (Å²) in [6.07, 6.45) is 0.904. The Morgan fingerprint density at radius 1 is 1.12 bits per heavy atom. The maximum Gasteiger partial charge on any atom is 0.351 e. The van der Waals surface area contributed by atoms with E-state index in [0.717, 1.165) is 6.26 Å². The molecule has 0 aliphatic carbocycles. The van der Waals surface area contributed by atoms with Crippen LogP contribution in [0, 0.1) is 5.41 Å². The van der Waals surface area contributed by atoms with Gasteiger partial charge in [-0.2, -0.15) is 0 Å². The molecule has 1 aromatic rings. The van der Waals surface area contributed by atoms with Gasteiger partial charge in [-0.25, -0.2) is 17.9 Å². The van der Waals surface area contributed by atoms with Gasteiger partial charge in [0, 0.05) is 0 Å². The molecule has 0 aromatic heterocycles. The molecule has 0 saturated carbocycles. The molecule has 0 spiro atoms. The summed E-state index contributed by atoms with van der Waals surface area (Å²) in [5, 5.41) is 0.357. The quantitative estimate of drug-likeness (QED) is 0.797. The minimum absolute atomic E-state index is 0.124. The average Bonchev–Trinajstić information content (AvgIpc) is 2.68. The lowest BCUT2D eigenvalue weighted by Crippen LogP contribution is -2.51. The topological polar surface area (TPSA) is 110 Å². The Labute approximate surface area is 139 Å². The highest BCUT2D eigenvalue weighted by Crippen LogP contribution is 2.25. The van der Waals surface area contributed by atoms with E-state index in [9.17, 15) is 22.8 Å². The van der Waals surface area contributed by atoms with E-state index in [1.807, 2.05) is 0 Å². The number of hydrogen-bond donors (Lipinski definition) is 1. The third-order valence-electron chi connectivity index (χ3n) is 3.37. The molecule has 1 aliphatic rings. The summed E-state index contributed by atoms with van der Waals surface area (Å²) >= 11 is 0. The Hall–Kier alpha value is -2.26. The second-order valence-electron chi connectivity index (χ2n) is 6.55. The van der Waals surface area contributed by atoms with Gasteiger partial charge in [0.25, 0.3) is 11.8 Å². The molecule has 0 bridgehead atoms. The summed E-state index contributed by atoms with van der Waals surface area (Å²) in [5.41, 5.74) is -0.587. The number of rotatable bonds is 4. The highest BCUT2D eigenvalue weighted by atomic mass is 32.2. The van der Waals surface area contributed by atoms with Gasteiger partial charge in [0.2, 0.25) is 10.0 Å². The lowest BCUT2D eigenvalue weighted by molar-refractivity contribution is -0.173. The van der Waals surface area contributed by atoms with Crippen molar-refractivity contribution in [1.29, 1.82) is 0 Å². The van der Waals surface area contributed by atoms with E-state index < -0.39 is 39.3 Å². The molecule has 1 aromatic carbocycles. The molecule has 9 heteroatoms. The van der Waals surface area contributed by atoms with Crippen molar-refractivity contribution in [3.8, 4) is 0 Å². The van der Waals surface area contributed by atoms with Gasteiger partial charge in [-0.05, 0) is 17.5 Å². The number of amides is 2. The number of hydrogen-bond acceptors (Lipinski definition) is 6. The van der Waals surface area contributed by atoms with Crippen LogP contribution in [0.25, 0.3) is 0 Å². The number of carbonyl (C=O) groups is 3.